The highest BCUT2D eigenvalue weighted by Gasteiger charge is 2.20. The molecule has 1 aliphatic heterocycles. The molecule has 0 radical (unpaired) electrons. The van der Waals surface area contributed by atoms with Gasteiger partial charge >= 0.3 is 0 Å². The van der Waals surface area contributed by atoms with Crippen LogP contribution in [0.2, 0.25) is 0 Å². The Balaban J connectivity index is 1.55. The monoisotopic (exact) mass is 328 g/mol. The average molecular weight is 328 g/mol. The van der Waals surface area contributed by atoms with Gasteiger partial charge in [0.05, 0.1) is 6.33 Å². The van der Waals surface area contributed by atoms with Gasteiger partial charge in [-0.25, -0.2) is 4.98 Å². The zero-order valence-electron chi connectivity index (χ0n) is 14.3. The standard InChI is InChI=1S/C18H24N4O2/c1-14-10-19-13-22(18(14)24)12-15-4-7-21(8-5-15)11-16-3-6-20(2)17(23)9-16/h3,6,9-10,13,15H,4-5,7-8,11-12H2,1-2H3. The Bertz CT molecular complexity index is 816. The number of hydrogen-bond acceptors (Lipinski definition) is 4. The van der Waals surface area contributed by atoms with Gasteiger partial charge in [-0.15, -0.1) is 0 Å². The largest absolute Gasteiger partial charge is 0.319 e. The first-order valence-electron chi connectivity index (χ1n) is 8.42. The Morgan fingerprint density at radius 3 is 2.71 bits per heavy atom. The van der Waals surface area contributed by atoms with E-state index < -0.39 is 0 Å². The molecule has 24 heavy (non-hydrogen) atoms. The molecule has 6 heteroatoms. The molecule has 0 aromatic carbocycles. The van der Waals surface area contributed by atoms with Gasteiger partial charge in [-0.1, -0.05) is 0 Å². The van der Waals surface area contributed by atoms with Gasteiger partial charge in [0.15, 0.2) is 0 Å². The number of hydrogen-bond donors (Lipinski definition) is 0. The van der Waals surface area contributed by atoms with E-state index in [1.807, 2.05) is 12.3 Å². The predicted molar refractivity (Wildman–Crippen MR) is 92.9 cm³/mol. The fourth-order valence-corrected chi connectivity index (χ4v) is 3.24. The van der Waals surface area contributed by atoms with Crippen LogP contribution in [0.1, 0.15) is 24.0 Å². The lowest BCUT2D eigenvalue weighted by Gasteiger charge is -2.32. The van der Waals surface area contributed by atoms with Crippen LogP contribution in [-0.2, 0) is 20.1 Å². The summed E-state index contributed by atoms with van der Waals surface area (Å²) in [7, 11) is 1.76. The van der Waals surface area contributed by atoms with Crippen molar-refractivity contribution < 1.29 is 0 Å². The lowest BCUT2D eigenvalue weighted by molar-refractivity contribution is 0.166. The molecule has 0 unspecified atom stereocenters. The molecule has 0 amide bonds. The van der Waals surface area contributed by atoms with Crippen molar-refractivity contribution >= 4 is 0 Å². The molecule has 1 aliphatic rings. The van der Waals surface area contributed by atoms with Crippen LogP contribution in [0.15, 0.2) is 40.4 Å². The first kappa shape index (κ1) is 16.6. The normalized spacial score (nSPS) is 16.4. The molecular formula is C18H24N4O2. The third-order valence-electron chi connectivity index (χ3n) is 4.81. The molecule has 0 atom stereocenters. The number of pyridine rings is 1. The molecule has 3 rings (SSSR count). The summed E-state index contributed by atoms with van der Waals surface area (Å²) in [5, 5.41) is 0. The molecular weight excluding hydrogens is 304 g/mol. The van der Waals surface area contributed by atoms with Crippen LogP contribution >= 0.6 is 0 Å². The number of aryl methyl sites for hydroxylation is 2. The zero-order chi connectivity index (χ0) is 17.1. The lowest BCUT2D eigenvalue weighted by Crippen LogP contribution is -2.36. The second-order valence-electron chi connectivity index (χ2n) is 6.74. The topological polar surface area (TPSA) is 60.1 Å². The van der Waals surface area contributed by atoms with Crippen LogP contribution in [0.4, 0.5) is 0 Å². The number of aromatic nitrogens is 3. The van der Waals surface area contributed by atoms with Crippen molar-refractivity contribution in [2.24, 2.45) is 13.0 Å². The van der Waals surface area contributed by atoms with Crippen molar-refractivity contribution in [3.63, 3.8) is 0 Å². The molecule has 1 saturated heterocycles. The Labute approximate surface area is 141 Å². The maximum absolute atomic E-state index is 12.1. The lowest BCUT2D eigenvalue weighted by atomic mass is 9.96. The van der Waals surface area contributed by atoms with Crippen LogP contribution in [0.3, 0.4) is 0 Å². The van der Waals surface area contributed by atoms with Gasteiger partial charge < -0.3 is 4.57 Å². The highest BCUT2D eigenvalue weighted by molar-refractivity contribution is 5.10. The molecule has 6 nitrogen and oxygen atoms in total. The van der Waals surface area contributed by atoms with E-state index in [2.05, 4.69) is 9.88 Å². The average Bonchev–Trinajstić information content (AvgIpc) is 2.57. The molecule has 0 saturated carbocycles. The van der Waals surface area contributed by atoms with Crippen LogP contribution in [0.5, 0.6) is 0 Å². The van der Waals surface area contributed by atoms with E-state index in [0.29, 0.717) is 11.5 Å². The van der Waals surface area contributed by atoms with Gasteiger partial charge in [-0.05, 0) is 50.4 Å². The van der Waals surface area contributed by atoms with Crippen molar-refractivity contribution in [1.82, 2.24) is 19.0 Å². The molecule has 2 aromatic rings. The van der Waals surface area contributed by atoms with Crippen molar-refractivity contribution in [3.05, 3.63) is 62.7 Å². The highest BCUT2D eigenvalue weighted by atomic mass is 16.1. The summed E-state index contributed by atoms with van der Waals surface area (Å²) in [5.41, 5.74) is 1.86. The number of rotatable bonds is 4. The van der Waals surface area contributed by atoms with Gasteiger partial charge in [0, 0.05) is 44.2 Å². The Kier molecular flexibility index (Phi) is 4.94. The Morgan fingerprint density at radius 1 is 1.25 bits per heavy atom. The number of likely N-dealkylation sites (tertiary alicyclic amines) is 1. The quantitative estimate of drug-likeness (QED) is 0.845. The first-order valence-corrected chi connectivity index (χ1v) is 8.42. The summed E-state index contributed by atoms with van der Waals surface area (Å²) >= 11 is 0. The molecule has 0 N–H and O–H groups in total. The van der Waals surface area contributed by atoms with E-state index in [1.165, 1.54) is 0 Å². The third kappa shape index (κ3) is 3.82. The second-order valence-corrected chi connectivity index (χ2v) is 6.74. The fraction of sp³-hybridized carbons (Fsp3) is 0.500. The third-order valence-corrected chi connectivity index (χ3v) is 4.81. The molecule has 1 fully saturated rings. The maximum Gasteiger partial charge on any atom is 0.256 e. The molecule has 0 bridgehead atoms. The van der Waals surface area contributed by atoms with E-state index >= 15 is 0 Å². The summed E-state index contributed by atoms with van der Waals surface area (Å²) < 4.78 is 3.32. The van der Waals surface area contributed by atoms with Crippen molar-refractivity contribution in [2.45, 2.75) is 32.9 Å². The smallest absolute Gasteiger partial charge is 0.256 e. The first-order chi connectivity index (χ1) is 11.5. The number of nitrogens with zero attached hydrogens (tertiary/aromatic N) is 4. The summed E-state index contributed by atoms with van der Waals surface area (Å²) in [6.07, 6.45) is 7.20. The minimum atomic E-state index is 0.0358. The summed E-state index contributed by atoms with van der Waals surface area (Å²) in [5.74, 6) is 0.506. The summed E-state index contributed by atoms with van der Waals surface area (Å²) in [6, 6.07) is 3.72. The maximum atomic E-state index is 12.1. The molecule has 2 aromatic heterocycles. The van der Waals surface area contributed by atoms with Gasteiger partial charge in [-0.2, -0.15) is 0 Å². The van der Waals surface area contributed by atoms with Gasteiger partial charge in [0.2, 0.25) is 0 Å². The van der Waals surface area contributed by atoms with Crippen molar-refractivity contribution in [3.8, 4) is 0 Å². The molecule has 0 aliphatic carbocycles. The van der Waals surface area contributed by atoms with Gasteiger partial charge in [0.1, 0.15) is 0 Å². The van der Waals surface area contributed by atoms with E-state index in [-0.39, 0.29) is 11.1 Å². The molecule has 3 heterocycles. The molecule has 128 valence electrons. The summed E-state index contributed by atoms with van der Waals surface area (Å²) in [4.78, 5) is 30.3. The molecule has 0 spiro atoms. The van der Waals surface area contributed by atoms with Crippen LogP contribution < -0.4 is 11.1 Å². The van der Waals surface area contributed by atoms with Crippen LogP contribution in [-0.4, -0.2) is 32.1 Å². The predicted octanol–water partition coefficient (Wildman–Crippen LogP) is 1.16. The van der Waals surface area contributed by atoms with Gasteiger partial charge in [-0.3, -0.25) is 19.1 Å². The minimum absolute atomic E-state index is 0.0358. The Hall–Kier alpha value is -2.21. The van der Waals surface area contributed by atoms with Crippen LogP contribution in [0.25, 0.3) is 0 Å². The fourth-order valence-electron chi connectivity index (χ4n) is 3.24. The second kappa shape index (κ2) is 7.13. The van der Waals surface area contributed by atoms with Crippen molar-refractivity contribution in [2.75, 3.05) is 13.1 Å². The number of piperidine rings is 1. The van der Waals surface area contributed by atoms with E-state index in [9.17, 15) is 9.59 Å². The van der Waals surface area contributed by atoms with E-state index in [0.717, 1.165) is 44.6 Å². The van der Waals surface area contributed by atoms with E-state index in [1.54, 1.807) is 41.7 Å². The van der Waals surface area contributed by atoms with Crippen molar-refractivity contribution in [1.29, 1.82) is 0 Å². The zero-order valence-corrected chi connectivity index (χ0v) is 14.3. The highest BCUT2D eigenvalue weighted by Crippen LogP contribution is 2.20. The summed E-state index contributed by atoms with van der Waals surface area (Å²) in [6.45, 7) is 5.35. The van der Waals surface area contributed by atoms with Gasteiger partial charge in [0.25, 0.3) is 11.1 Å². The van der Waals surface area contributed by atoms with Crippen LogP contribution in [0, 0.1) is 12.8 Å². The minimum Gasteiger partial charge on any atom is -0.319 e. The van der Waals surface area contributed by atoms with E-state index in [4.69, 9.17) is 0 Å². The SMILES string of the molecule is Cc1cncn(CC2CCN(Cc3ccn(C)c(=O)c3)CC2)c1=O. The Morgan fingerprint density at radius 2 is 2.00 bits per heavy atom.